The minimum Gasteiger partial charge on any atom is -0.505 e. The molecule has 2 aromatic rings. The van der Waals surface area contributed by atoms with E-state index < -0.39 is 23.1 Å². The van der Waals surface area contributed by atoms with Crippen LogP contribution in [0.1, 0.15) is 42.5 Å². The van der Waals surface area contributed by atoms with Gasteiger partial charge in [0.1, 0.15) is 5.75 Å². The number of amides is 1. The number of hydrogen-bond acceptors (Lipinski definition) is 4. The summed E-state index contributed by atoms with van der Waals surface area (Å²) in [6.45, 7) is 0.776. The topological polar surface area (TPSA) is 78.8 Å². The Balaban J connectivity index is 1.40. The number of carbonyl (C=O) groups is 1. The van der Waals surface area contributed by atoms with Crippen molar-refractivity contribution in [3.63, 3.8) is 0 Å². The minimum absolute atomic E-state index is 0.116. The van der Waals surface area contributed by atoms with Crippen molar-refractivity contribution in [1.29, 1.82) is 0 Å². The molecule has 0 bridgehead atoms. The number of phenols is 1. The molecule has 0 atom stereocenters. The molecule has 0 unspecified atom stereocenters. The first kappa shape index (κ1) is 20.1. The summed E-state index contributed by atoms with van der Waals surface area (Å²) in [5.41, 5.74) is -0.826. The van der Waals surface area contributed by atoms with Crippen LogP contribution in [-0.4, -0.2) is 34.9 Å². The number of hydrogen-bond donors (Lipinski definition) is 3. The van der Waals surface area contributed by atoms with Gasteiger partial charge < -0.3 is 20.3 Å². The van der Waals surface area contributed by atoms with Gasteiger partial charge in [-0.2, -0.15) is 0 Å². The Morgan fingerprint density at radius 1 is 1.18 bits per heavy atom. The van der Waals surface area contributed by atoms with E-state index in [4.69, 9.17) is 4.74 Å². The standard InChI is InChI=1S/C22H26FNO4/c23-19-14-17(6-7-20(19)25)21(26)24-15-22(27)11-8-16(9-12-22)10-13-28-18-4-2-1-3-5-18/h1-7,14,16,25,27H,8-13,15H2,(H,24,26)/t16-,22+. The van der Waals surface area contributed by atoms with Crippen LogP contribution in [0.4, 0.5) is 4.39 Å². The Morgan fingerprint density at radius 3 is 2.57 bits per heavy atom. The fourth-order valence-corrected chi connectivity index (χ4v) is 3.54. The molecular weight excluding hydrogens is 361 g/mol. The van der Waals surface area contributed by atoms with Crippen molar-refractivity contribution in [2.75, 3.05) is 13.2 Å². The van der Waals surface area contributed by atoms with Crippen LogP contribution in [0.5, 0.6) is 11.5 Å². The van der Waals surface area contributed by atoms with E-state index in [1.54, 1.807) is 0 Å². The Kier molecular flexibility index (Phi) is 6.52. The van der Waals surface area contributed by atoms with Crippen molar-refractivity contribution in [2.24, 2.45) is 5.92 Å². The second-order valence-corrected chi connectivity index (χ2v) is 7.47. The number of benzene rings is 2. The third-order valence-corrected chi connectivity index (χ3v) is 5.36. The van der Waals surface area contributed by atoms with Gasteiger partial charge in [0.15, 0.2) is 11.6 Å². The first-order chi connectivity index (χ1) is 13.5. The maximum atomic E-state index is 13.4. The van der Waals surface area contributed by atoms with Crippen molar-refractivity contribution >= 4 is 5.91 Å². The van der Waals surface area contributed by atoms with Crippen LogP contribution in [-0.2, 0) is 0 Å². The van der Waals surface area contributed by atoms with Crippen LogP contribution >= 0.6 is 0 Å². The molecule has 1 amide bonds. The van der Waals surface area contributed by atoms with Gasteiger partial charge in [0, 0.05) is 12.1 Å². The zero-order chi connectivity index (χ0) is 20.0. The maximum absolute atomic E-state index is 13.4. The third kappa shape index (κ3) is 5.45. The molecule has 0 aromatic heterocycles. The van der Waals surface area contributed by atoms with Gasteiger partial charge in [-0.25, -0.2) is 4.39 Å². The smallest absolute Gasteiger partial charge is 0.251 e. The van der Waals surface area contributed by atoms with Crippen LogP contribution in [0.3, 0.4) is 0 Å². The van der Waals surface area contributed by atoms with Crippen LogP contribution in [0.25, 0.3) is 0 Å². The monoisotopic (exact) mass is 387 g/mol. The van der Waals surface area contributed by atoms with E-state index in [-0.39, 0.29) is 12.1 Å². The highest BCUT2D eigenvalue weighted by molar-refractivity contribution is 5.94. The normalized spacial score (nSPS) is 21.9. The second-order valence-electron chi connectivity index (χ2n) is 7.47. The summed E-state index contributed by atoms with van der Waals surface area (Å²) in [5.74, 6) is -0.450. The Morgan fingerprint density at radius 2 is 1.89 bits per heavy atom. The number of nitrogens with one attached hydrogen (secondary N) is 1. The van der Waals surface area contributed by atoms with E-state index in [1.165, 1.54) is 6.07 Å². The lowest BCUT2D eigenvalue weighted by atomic mass is 9.77. The molecule has 6 heteroatoms. The average Bonchev–Trinajstić information content (AvgIpc) is 2.71. The third-order valence-electron chi connectivity index (χ3n) is 5.36. The van der Waals surface area contributed by atoms with E-state index >= 15 is 0 Å². The number of carbonyl (C=O) groups excluding carboxylic acids is 1. The summed E-state index contributed by atoms with van der Waals surface area (Å²) in [6.07, 6.45) is 3.89. The lowest BCUT2D eigenvalue weighted by Crippen LogP contribution is -2.45. The zero-order valence-electron chi connectivity index (χ0n) is 15.7. The van der Waals surface area contributed by atoms with E-state index in [2.05, 4.69) is 5.32 Å². The zero-order valence-corrected chi connectivity index (χ0v) is 15.7. The Bertz CT molecular complexity index is 788. The summed E-state index contributed by atoms with van der Waals surface area (Å²) in [7, 11) is 0. The van der Waals surface area contributed by atoms with E-state index in [0.29, 0.717) is 25.4 Å². The first-order valence-corrected chi connectivity index (χ1v) is 9.62. The maximum Gasteiger partial charge on any atom is 0.251 e. The molecular formula is C22H26FNO4. The van der Waals surface area contributed by atoms with Crippen molar-refractivity contribution in [2.45, 2.75) is 37.7 Å². The molecule has 3 rings (SSSR count). The molecule has 1 fully saturated rings. The number of aromatic hydroxyl groups is 1. The number of rotatable bonds is 7. The summed E-state index contributed by atoms with van der Waals surface area (Å²) < 4.78 is 19.1. The number of ether oxygens (including phenoxy) is 1. The molecule has 28 heavy (non-hydrogen) atoms. The molecule has 0 aliphatic heterocycles. The summed E-state index contributed by atoms with van der Waals surface area (Å²) in [6, 6.07) is 13.2. The molecule has 3 N–H and O–H groups in total. The largest absolute Gasteiger partial charge is 0.505 e. The molecule has 150 valence electrons. The quantitative estimate of drug-likeness (QED) is 0.678. The van der Waals surface area contributed by atoms with Gasteiger partial charge in [-0.15, -0.1) is 0 Å². The van der Waals surface area contributed by atoms with Gasteiger partial charge >= 0.3 is 0 Å². The van der Waals surface area contributed by atoms with Gasteiger partial charge in [-0.3, -0.25) is 4.79 Å². The van der Waals surface area contributed by atoms with Crippen LogP contribution in [0.15, 0.2) is 48.5 Å². The van der Waals surface area contributed by atoms with Gasteiger partial charge in [-0.05, 0) is 68.4 Å². The summed E-state index contributed by atoms with van der Waals surface area (Å²) >= 11 is 0. The highest BCUT2D eigenvalue weighted by atomic mass is 19.1. The van der Waals surface area contributed by atoms with Crippen molar-refractivity contribution in [1.82, 2.24) is 5.32 Å². The van der Waals surface area contributed by atoms with E-state index in [1.807, 2.05) is 30.3 Å². The predicted molar refractivity (Wildman–Crippen MR) is 104 cm³/mol. The SMILES string of the molecule is O=C(NC[C@]1(O)CC[C@@H](CCOc2ccccc2)CC1)c1ccc(O)c(F)c1. The highest BCUT2D eigenvalue weighted by Gasteiger charge is 2.33. The average molecular weight is 387 g/mol. The highest BCUT2D eigenvalue weighted by Crippen LogP contribution is 2.33. The Labute approximate surface area is 164 Å². The lowest BCUT2D eigenvalue weighted by Gasteiger charge is -2.36. The summed E-state index contributed by atoms with van der Waals surface area (Å²) in [5, 5.41) is 22.6. The van der Waals surface area contributed by atoms with Crippen molar-refractivity contribution in [3.05, 3.63) is 59.9 Å². The van der Waals surface area contributed by atoms with E-state index in [9.17, 15) is 19.4 Å². The van der Waals surface area contributed by atoms with Crippen LogP contribution in [0.2, 0.25) is 0 Å². The number of phenolic OH excluding ortho intramolecular Hbond substituents is 1. The van der Waals surface area contributed by atoms with Crippen LogP contribution in [0, 0.1) is 11.7 Å². The van der Waals surface area contributed by atoms with Crippen molar-refractivity contribution < 1.29 is 24.1 Å². The lowest BCUT2D eigenvalue weighted by molar-refractivity contribution is -0.00977. The molecule has 5 nitrogen and oxygen atoms in total. The van der Waals surface area contributed by atoms with Crippen LogP contribution < -0.4 is 10.1 Å². The molecule has 1 aliphatic carbocycles. The fourth-order valence-electron chi connectivity index (χ4n) is 3.54. The second kappa shape index (κ2) is 9.06. The summed E-state index contributed by atoms with van der Waals surface area (Å²) in [4.78, 5) is 12.1. The molecule has 0 saturated heterocycles. The molecule has 2 aromatic carbocycles. The molecule has 0 radical (unpaired) electrons. The predicted octanol–water partition coefficient (Wildman–Crippen LogP) is 3.65. The minimum atomic E-state index is -0.943. The van der Waals surface area contributed by atoms with Gasteiger partial charge in [0.2, 0.25) is 0 Å². The number of aliphatic hydroxyl groups is 1. The molecule has 1 saturated carbocycles. The molecule has 1 aliphatic rings. The first-order valence-electron chi connectivity index (χ1n) is 9.62. The fraction of sp³-hybridized carbons (Fsp3) is 0.409. The Hall–Kier alpha value is -2.60. The number of para-hydroxylation sites is 1. The number of halogens is 1. The molecule has 0 spiro atoms. The van der Waals surface area contributed by atoms with Gasteiger partial charge in [0.25, 0.3) is 5.91 Å². The molecule has 0 heterocycles. The van der Waals surface area contributed by atoms with Crippen molar-refractivity contribution in [3.8, 4) is 11.5 Å². The van der Waals surface area contributed by atoms with Gasteiger partial charge in [0.05, 0.1) is 12.2 Å². The van der Waals surface area contributed by atoms with E-state index in [0.717, 1.165) is 37.1 Å². The van der Waals surface area contributed by atoms with Gasteiger partial charge in [-0.1, -0.05) is 18.2 Å².